The molecule has 2 rings (SSSR count). The number of nitrogens with zero attached hydrogens (tertiary/aromatic N) is 1. The summed E-state index contributed by atoms with van der Waals surface area (Å²) in [6.45, 7) is 2.35. The number of primary amides is 1. The molecule has 1 aliphatic rings. The Bertz CT molecular complexity index is 536. The zero-order valence-corrected chi connectivity index (χ0v) is 11.1. The molecule has 7 heteroatoms. The summed E-state index contributed by atoms with van der Waals surface area (Å²) in [4.78, 5) is 24.5. The number of ether oxygens (including phenoxy) is 1. The highest BCUT2D eigenvalue weighted by atomic mass is 19.1. The number of urea groups is 1. The number of benzene rings is 1. The van der Waals surface area contributed by atoms with Crippen LogP contribution < -0.4 is 11.1 Å². The molecule has 0 aliphatic carbocycles. The molecule has 0 aromatic heterocycles. The summed E-state index contributed by atoms with van der Waals surface area (Å²) in [7, 11) is 0. The number of rotatable bonds is 2. The van der Waals surface area contributed by atoms with Gasteiger partial charge in [0.25, 0.3) is 0 Å². The first-order valence-corrected chi connectivity index (χ1v) is 6.20. The Kier molecular flexibility index (Phi) is 4.19. The SMILES string of the molecule is Cc1cc(NC(=O)N2CCO[C@@H](C(N)=O)C2)ccc1F. The van der Waals surface area contributed by atoms with Gasteiger partial charge in [0.15, 0.2) is 6.10 Å². The van der Waals surface area contributed by atoms with Gasteiger partial charge in [0.1, 0.15) is 5.82 Å². The van der Waals surface area contributed by atoms with Crippen molar-refractivity contribution in [2.45, 2.75) is 13.0 Å². The van der Waals surface area contributed by atoms with E-state index in [2.05, 4.69) is 5.32 Å². The minimum absolute atomic E-state index is 0.112. The summed E-state index contributed by atoms with van der Waals surface area (Å²) in [5.41, 5.74) is 6.10. The van der Waals surface area contributed by atoms with Crippen LogP contribution in [0.25, 0.3) is 0 Å². The molecule has 1 fully saturated rings. The van der Waals surface area contributed by atoms with Gasteiger partial charge in [0, 0.05) is 12.2 Å². The van der Waals surface area contributed by atoms with E-state index in [-0.39, 0.29) is 25.0 Å². The number of hydrogen-bond acceptors (Lipinski definition) is 3. The first-order chi connectivity index (χ1) is 9.47. The highest BCUT2D eigenvalue weighted by Crippen LogP contribution is 2.15. The van der Waals surface area contributed by atoms with Gasteiger partial charge in [-0.25, -0.2) is 9.18 Å². The van der Waals surface area contributed by atoms with Gasteiger partial charge in [-0.1, -0.05) is 0 Å². The summed E-state index contributed by atoms with van der Waals surface area (Å²) in [5, 5.41) is 2.65. The summed E-state index contributed by atoms with van der Waals surface area (Å²) in [6.07, 6.45) is -0.788. The maximum atomic E-state index is 13.1. The molecule has 20 heavy (non-hydrogen) atoms. The number of anilines is 1. The van der Waals surface area contributed by atoms with Crippen molar-refractivity contribution in [2.75, 3.05) is 25.0 Å². The highest BCUT2D eigenvalue weighted by molar-refractivity contribution is 5.90. The van der Waals surface area contributed by atoms with Gasteiger partial charge in [-0.05, 0) is 30.7 Å². The molecule has 6 nitrogen and oxygen atoms in total. The number of nitrogens with one attached hydrogen (secondary N) is 1. The zero-order chi connectivity index (χ0) is 14.7. The Labute approximate surface area is 115 Å². The van der Waals surface area contributed by atoms with Crippen LogP contribution in [0.1, 0.15) is 5.56 Å². The lowest BCUT2D eigenvalue weighted by atomic mass is 10.2. The molecule has 1 aromatic rings. The summed E-state index contributed by atoms with van der Waals surface area (Å²) >= 11 is 0. The predicted molar refractivity (Wildman–Crippen MR) is 70.7 cm³/mol. The number of morpholine rings is 1. The Balaban J connectivity index is 2.00. The van der Waals surface area contributed by atoms with Crippen molar-refractivity contribution in [1.82, 2.24) is 4.90 Å². The van der Waals surface area contributed by atoms with Crippen LogP contribution >= 0.6 is 0 Å². The summed E-state index contributed by atoms with van der Waals surface area (Å²) in [5.74, 6) is -0.928. The fourth-order valence-electron chi connectivity index (χ4n) is 1.93. The van der Waals surface area contributed by atoms with E-state index < -0.39 is 12.0 Å². The van der Waals surface area contributed by atoms with E-state index >= 15 is 0 Å². The number of nitrogens with two attached hydrogens (primary N) is 1. The second-order valence-corrected chi connectivity index (χ2v) is 4.60. The summed E-state index contributed by atoms with van der Waals surface area (Å²) < 4.78 is 18.3. The Morgan fingerprint density at radius 1 is 1.50 bits per heavy atom. The first-order valence-electron chi connectivity index (χ1n) is 6.20. The third-order valence-corrected chi connectivity index (χ3v) is 3.08. The number of aryl methyl sites for hydroxylation is 1. The largest absolute Gasteiger partial charge is 0.367 e. The van der Waals surface area contributed by atoms with Crippen molar-refractivity contribution in [2.24, 2.45) is 5.73 Å². The van der Waals surface area contributed by atoms with Gasteiger partial charge in [-0.2, -0.15) is 0 Å². The van der Waals surface area contributed by atoms with E-state index in [1.807, 2.05) is 0 Å². The van der Waals surface area contributed by atoms with Crippen LogP contribution in [0.2, 0.25) is 0 Å². The molecule has 1 saturated heterocycles. The summed E-state index contributed by atoms with van der Waals surface area (Å²) in [6, 6.07) is 3.94. The van der Waals surface area contributed by atoms with Gasteiger partial charge in [-0.15, -0.1) is 0 Å². The number of carbonyl (C=O) groups is 2. The lowest BCUT2D eigenvalue weighted by molar-refractivity contribution is -0.133. The molecular formula is C13H16FN3O3. The second-order valence-electron chi connectivity index (χ2n) is 4.60. The van der Waals surface area contributed by atoms with E-state index in [1.165, 1.54) is 17.0 Å². The number of amides is 3. The maximum Gasteiger partial charge on any atom is 0.322 e. The molecule has 3 N–H and O–H groups in total. The monoisotopic (exact) mass is 281 g/mol. The second kappa shape index (κ2) is 5.87. The topological polar surface area (TPSA) is 84.7 Å². The Hall–Kier alpha value is -2.15. The normalized spacial score (nSPS) is 18.7. The van der Waals surface area contributed by atoms with Crippen molar-refractivity contribution >= 4 is 17.6 Å². The maximum absolute atomic E-state index is 13.1. The van der Waals surface area contributed by atoms with Crippen LogP contribution in [-0.2, 0) is 9.53 Å². The molecular weight excluding hydrogens is 265 g/mol. The van der Waals surface area contributed by atoms with Gasteiger partial charge < -0.3 is 20.7 Å². The smallest absolute Gasteiger partial charge is 0.322 e. The zero-order valence-electron chi connectivity index (χ0n) is 11.1. The van der Waals surface area contributed by atoms with E-state index in [0.29, 0.717) is 17.8 Å². The van der Waals surface area contributed by atoms with Gasteiger partial charge in [-0.3, -0.25) is 4.79 Å². The number of halogens is 1. The van der Waals surface area contributed by atoms with E-state index in [0.717, 1.165) is 0 Å². The molecule has 3 amide bonds. The molecule has 1 aromatic carbocycles. The minimum Gasteiger partial charge on any atom is -0.367 e. The molecule has 1 aliphatic heterocycles. The predicted octanol–water partition coefficient (Wildman–Crippen LogP) is 0.852. The van der Waals surface area contributed by atoms with Crippen LogP contribution in [0.15, 0.2) is 18.2 Å². The van der Waals surface area contributed by atoms with Crippen molar-refractivity contribution < 1.29 is 18.7 Å². The van der Waals surface area contributed by atoms with Crippen LogP contribution in [0.3, 0.4) is 0 Å². The first kappa shape index (κ1) is 14.3. The van der Waals surface area contributed by atoms with E-state index in [1.54, 1.807) is 13.0 Å². The lowest BCUT2D eigenvalue weighted by Crippen LogP contribution is -2.51. The molecule has 0 radical (unpaired) electrons. The number of hydrogen-bond donors (Lipinski definition) is 2. The average Bonchev–Trinajstić information content (AvgIpc) is 2.43. The van der Waals surface area contributed by atoms with Crippen molar-refractivity contribution in [3.63, 3.8) is 0 Å². The molecule has 0 saturated carbocycles. The number of carbonyl (C=O) groups excluding carboxylic acids is 2. The molecule has 108 valence electrons. The third-order valence-electron chi connectivity index (χ3n) is 3.08. The van der Waals surface area contributed by atoms with Gasteiger partial charge >= 0.3 is 6.03 Å². The quantitative estimate of drug-likeness (QED) is 0.843. The Morgan fingerprint density at radius 2 is 2.25 bits per heavy atom. The Morgan fingerprint density at radius 3 is 2.90 bits per heavy atom. The standard InChI is InChI=1S/C13H16FN3O3/c1-8-6-9(2-3-10(8)14)16-13(19)17-4-5-20-11(7-17)12(15)18/h2-3,6,11H,4-5,7H2,1H3,(H2,15,18)(H,16,19)/t11-/m1/s1. The average molecular weight is 281 g/mol. The molecule has 1 heterocycles. The van der Waals surface area contributed by atoms with E-state index in [4.69, 9.17) is 10.5 Å². The molecule has 0 unspecified atom stereocenters. The van der Waals surface area contributed by atoms with Gasteiger partial charge in [0.05, 0.1) is 13.2 Å². The van der Waals surface area contributed by atoms with Crippen LogP contribution in [0, 0.1) is 12.7 Å². The van der Waals surface area contributed by atoms with E-state index in [9.17, 15) is 14.0 Å². The minimum atomic E-state index is -0.788. The fourth-order valence-corrected chi connectivity index (χ4v) is 1.93. The van der Waals surface area contributed by atoms with Crippen LogP contribution in [0.4, 0.5) is 14.9 Å². The third kappa shape index (κ3) is 3.24. The van der Waals surface area contributed by atoms with Crippen LogP contribution in [-0.4, -0.2) is 42.6 Å². The highest BCUT2D eigenvalue weighted by Gasteiger charge is 2.27. The lowest BCUT2D eigenvalue weighted by Gasteiger charge is -2.31. The molecule has 1 atom stereocenters. The van der Waals surface area contributed by atoms with Crippen molar-refractivity contribution in [3.8, 4) is 0 Å². The van der Waals surface area contributed by atoms with Crippen molar-refractivity contribution in [3.05, 3.63) is 29.6 Å². The van der Waals surface area contributed by atoms with Crippen LogP contribution in [0.5, 0.6) is 0 Å². The molecule has 0 bridgehead atoms. The fraction of sp³-hybridized carbons (Fsp3) is 0.385. The molecule has 0 spiro atoms. The van der Waals surface area contributed by atoms with Crippen molar-refractivity contribution in [1.29, 1.82) is 0 Å². The van der Waals surface area contributed by atoms with Gasteiger partial charge in [0.2, 0.25) is 5.91 Å².